The second-order valence-electron chi connectivity index (χ2n) is 5.06. The minimum atomic E-state index is -2.96. The summed E-state index contributed by atoms with van der Waals surface area (Å²) in [6.07, 6.45) is -1.13. The first-order chi connectivity index (χ1) is 12.3. The van der Waals surface area contributed by atoms with Crippen LogP contribution in [0.5, 0.6) is 5.75 Å². The number of rotatable bonds is 6. The normalized spacial score (nSPS) is 11.8. The van der Waals surface area contributed by atoms with Crippen LogP contribution in [0.3, 0.4) is 0 Å². The molecular weight excluding hydrogens is 391 g/mol. The Hall–Kier alpha value is -2.38. The maximum Gasteiger partial charge on any atom is 0.387 e. The summed E-state index contributed by atoms with van der Waals surface area (Å²) in [5.74, 6) is -1.51. The van der Waals surface area contributed by atoms with Crippen LogP contribution in [-0.2, 0) is 9.53 Å². The van der Waals surface area contributed by atoms with E-state index < -0.39 is 24.6 Å². The monoisotopic (exact) mass is 403 g/mol. The molecular formula is C17H13Cl2F2NO4. The van der Waals surface area contributed by atoms with E-state index in [0.717, 1.165) is 0 Å². The minimum Gasteiger partial charge on any atom is -0.449 e. The summed E-state index contributed by atoms with van der Waals surface area (Å²) in [5.41, 5.74) is 0.354. The van der Waals surface area contributed by atoms with Crippen molar-refractivity contribution in [3.05, 3.63) is 58.1 Å². The van der Waals surface area contributed by atoms with E-state index in [9.17, 15) is 18.4 Å². The Morgan fingerprint density at radius 3 is 2.35 bits per heavy atom. The van der Waals surface area contributed by atoms with Crippen molar-refractivity contribution in [2.24, 2.45) is 0 Å². The topological polar surface area (TPSA) is 64.6 Å². The van der Waals surface area contributed by atoms with Gasteiger partial charge in [0.1, 0.15) is 5.75 Å². The average Bonchev–Trinajstić information content (AvgIpc) is 2.58. The van der Waals surface area contributed by atoms with Crippen molar-refractivity contribution in [1.82, 2.24) is 0 Å². The number of ether oxygens (including phenoxy) is 2. The summed E-state index contributed by atoms with van der Waals surface area (Å²) in [4.78, 5) is 24.2. The molecule has 2 aromatic carbocycles. The summed E-state index contributed by atoms with van der Waals surface area (Å²) in [6, 6.07) is 9.41. The van der Waals surface area contributed by atoms with Gasteiger partial charge in [0.05, 0.1) is 16.3 Å². The fraction of sp³-hybridized carbons (Fsp3) is 0.176. The predicted octanol–water partition coefficient (Wildman–Crippen LogP) is 4.78. The molecule has 9 heteroatoms. The quantitative estimate of drug-likeness (QED) is 0.704. The number of esters is 1. The standard InChI is InChI=1S/C17H13Cl2F2NO4/c1-9(15(23)22-14-8-11(18)4-7-13(14)19)25-16(24)10-2-5-12(6-3-10)26-17(20)21/h2-9,17H,1H3,(H,22,23)/t9-/m1/s1. The zero-order valence-corrected chi connectivity index (χ0v) is 14.9. The number of nitrogens with one attached hydrogen (secondary N) is 1. The van der Waals surface area contributed by atoms with Crippen molar-refractivity contribution >= 4 is 40.8 Å². The van der Waals surface area contributed by atoms with E-state index in [1.54, 1.807) is 6.07 Å². The van der Waals surface area contributed by atoms with Gasteiger partial charge in [0, 0.05) is 5.02 Å². The van der Waals surface area contributed by atoms with Crippen LogP contribution in [0.2, 0.25) is 10.0 Å². The lowest BCUT2D eigenvalue weighted by Crippen LogP contribution is -2.30. The van der Waals surface area contributed by atoms with Gasteiger partial charge in [-0.05, 0) is 49.4 Å². The fourth-order valence-electron chi connectivity index (χ4n) is 1.88. The lowest BCUT2D eigenvalue weighted by molar-refractivity contribution is -0.123. The van der Waals surface area contributed by atoms with Crippen LogP contribution in [0.1, 0.15) is 17.3 Å². The molecule has 1 N–H and O–H groups in total. The van der Waals surface area contributed by atoms with E-state index in [-0.39, 0.29) is 22.0 Å². The average molecular weight is 404 g/mol. The van der Waals surface area contributed by atoms with Crippen LogP contribution in [-0.4, -0.2) is 24.6 Å². The van der Waals surface area contributed by atoms with Gasteiger partial charge in [0.15, 0.2) is 6.10 Å². The number of carbonyl (C=O) groups excluding carboxylic acids is 2. The summed E-state index contributed by atoms with van der Waals surface area (Å²) in [6.45, 7) is -1.59. The number of amides is 1. The molecule has 0 saturated heterocycles. The molecule has 0 bridgehead atoms. The van der Waals surface area contributed by atoms with Crippen molar-refractivity contribution in [3.63, 3.8) is 0 Å². The molecule has 0 saturated carbocycles. The third-order valence-corrected chi connectivity index (χ3v) is 3.72. The molecule has 0 fully saturated rings. The molecule has 5 nitrogen and oxygen atoms in total. The van der Waals surface area contributed by atoms with E-state index in [1.165, 1.54) is 43.3 Å². The Morgan fingerprint density at radius 1 is 1.08 bits per heavy atom. The zero-order chi connectivity index (χ0) is 19.3. The SMILES string of the molecule is C[C@@H](OC(=O)c1ccc(OC(F)F)cc1)C(=O)Nc1cc(Cl)ccc1Cl. The molecule has 138 valence electrons. The third-order valence-electron chi connectivity index (χ3n) is 3.15. The van der Waals surface area contributed by atoms with E-state index in [2.05, 4.69) is 10.1 Å². The number of carbonyl (C=O) groups is 2. The number of alkyl halides is 2. The van der Waals surface area contributed by atoms with Crippen molar-refractivity contribution < 1.29 is 27.8 Å². The van der Waals surface area contributed by atoms with Crippen LogP contribution in [0.15, 0.2) is 42.5 Å². The van der Waals surface area contributed by atoms with Gasteiger partial charge in [-0.1, -0.05) is 23.2 Å². The molecule has 0 spiro atoms. The van der Waals surface area contributed by atoms with Crippen molar-refractivity contribution in [2.45, 2.75) is 19.6 Å². The first-order valence-corrected chi connectivity index (χ1v) is 8.03. The Bertz CT molecular complexity index is 800. The molecule has 0 aromatic heterocycles. The maximum absolute atomic E-state index is 12.1. The second-order valence-corrected chi connectivity index (χ2v) is 5.91. The van der Waals surface area contributed by atoms with Gasteiger partial charge in [-0.2, -0.15) is 8.78 Å². The highest BCUT2D eigenvalue weighted by atomic mass is 35.5. The molecule has 26 heavy (non-hydrogen) atoms. The number of benzene rings is 2. The van der Waals surface area contributed by atoms with Gasteiger partial charge in [-0.3, -0.25) is 4.79 Å². The van der Waals surface area contributed by atoms with E-state index in [4.69, 9.17) is 27.9 Å². The van der Waals surface area contributed by atoms with Gasteiger partial charge in [-0.15, -0.1) is 0 Å². The lowest BCUT2D eigenvalue weighted by atomic mass is 10.2. The summed E-state index contributed by atoms with van der Waals surface area (Å²) >= 11 is 11.8. The van der Waals surface area contributed by atoms with E-state index in [1.807, 2.05) is 0 Å². The Labute approximate surface area is 157 Å². The first kappa shape index (κ1) is 19.9. The predicted molar refractivity (Wildman–Crippen MR) is 93.0 cm³/mol. The molecule has 0 unspecified atom stereocenters. The van der Waals surface area contributed by atoms with Crippen LogP contribution >= 0.6 is 23.2 Å². The summed E-state index contributed by atoms with van der Waals surface area (Å²) in [7, 11) is 0. The molecule has 2 aromatic rings. The lowest BCUT2D eigenvalue weighted by Gasteiger charge is -2.14. The molecule has 0 aliphatic heterocycles. The van der Waals surface area contributed by atoms with Gasteiger partial charge in [0.2, 0.25) is 0 Å². The first-order valence-electron chi connectivity index (χ1n) is 7.28. The summed E-state index contributed by atoms with van der Waals surface area (Å²) < 4.78 is 33.4. The zero-order valence-electron chi connectivity index (χ0n) is 13.3. The van der Waals surface area contributed by atoms with Crippen molar-refractivity contribution in [3.8, 4) is 5.75 Å². The number of halogens is 4. The molecule has 1 amide bonds. The molecule has 2 rings (SSSR count). The molecule has 0 heterocycles. The van der Waals surface area contributed by atoms with E-state index >= 15 is 0 Å². The Kier molecular flexibility index (Phi) is 6.76. The van der Waals surface area contributed by atoms with Crippen LogP contribution < -0.4 is 10.1 Å². The van der Waals surface area contributed by atoms with Gasteiger partial charge < -0.3 is 14.8 Å². The second kappa shape index (κ2) is 8.82. The molecule has 0 aliphatic carbocycles. The maximum atomic E-state index is 12.1. The van der Waals surface area contributed by atoms with Gasteiger partial charge >= 0.3 is 12.6 Å². The Balaban J connectivity index is 1.97. The molecule has 1 atom stereocenters. The highest BCUT2D eigenvalue weighted by Gasteiger charge is 2.20. The fourth-order valence-corrected chi connectivity index (χ4v) is 2.22. The largest absolute Gasteiger partial charge is 0.449 e. The van der Waals surface area contributed by atoms with Crippen molar-refractivity contribution in [2.75, 3.05) is 5.32 Å². The van der Waals surface area contributed by atoms with Gasteiger partial charge in [-0.25, -0.2) is 4.79 Å². The summed E-state index contributed by atoms with van der Waals surface area (Å²) in [5, 5.41) is 3.15. The van der Waals surface area contributed by atoms with Crippen molar-refractivity contribution in [1.29, 1.82) is 0 Å². The van der Waals surface area contributed by atoms with Gasteiger partial charge in [0.25, 0.3) is 5.91 Å². The highest BCUT2D eigenvalue weighted by molar-refractivity contribution is 6.35. The minimum absolute atomic E-state index is 0.0760. The highest BCUT2D eigenvalue weighted by Crippen LogP contribution is 2.25. The Morgan fingerprint density at radius 2 is 1.73 bits per heavy atom. The molecule has 0 radical (unpaired) electrons. The number of anilines is 1. The smallest absolute Gasteiger partial charge is 0.387 e. The number of hydrogen-bond acceptors (Lipinski definition) is 4. The van der Waals surface area contributed by atoms with Crippen LogP contribution in [0.25, 0.3) is 0 Å². The molecule has 0 aliphatic rings. The van der Waals surface area contributed by atoms with E-state index in [0.29, 0.717) is 5.02 Å². The van der Waals surface area contributed by atoms with Crippen LogP contribution in [0, 0.1) is 0 Å². The number of hydrogen-bond donors (Lipinski definition) is 1. The third kappa shape index (κ3) is 5.57. The van der Waals surface area contributed by atoms with Crippen LogP contribution in [0.4, 0.5) is 14.5 Å².